The van der Waals surface area contributed by atoms with Crippen LogP contribution in [0.5, 0.6) is 0 Å². The van der Waals surface area contributed by atoms with E-state index >= 15 is 0 Å². The summed E-state index contributed by atoms with van der Waals surface area (Å²) < 4.78 is 360. The molecule has 8 N–H and O–H groups in total. The third-order valence-electron chi connectivity index (χ3n) is 22.6. The van der Waals surface area contributed by atoms with E-state index in [1.165, 1.54) is 35.2 Å². The van der Waals surface area contributed by atoms with Gasteiger partial charge in [-0.25, -0.2) is 0 Å². The van der Waals surface area contributed by atoms with Gasteiger partial charge in [-0.3, -0.25) is 98.4 Å². The van der Waals surface area contributed by atoms with Crippen LogP contribution in [0.3, 0.4) is 0 Å². The Morgan fingerprint density at radius 2 is 0.568 bits per heavy atom. The van der Waals surface area contributed by atoms with Gasteiger partial charge in [0.05, 0.1) is 77.1 Å². The van der Waals surface area contributed by atoms with Crippen LogP contribution in [0.25, 0.3) is 0 Å². The maximum absolute atomic E-state index is 13.4. The number of imide groups is 4. The highest BCUT2D eigenvalue weighted by Gasteiger charge is 2.45. The van der Waals surface area contributed by atoms with Gasteiger partial charge in [-0.2, -0.15) is 0 Å². The van der Waals surface area contributed by atoms with Crippen molar-refractivity contribution in [3.8, 4) is 0 Å². The number of benzene rings is 8. The molecule has 0 aromatic heterocycles. The molecule has 4 atom stereocenters. The molecule has 0 saturated carbocycles. The predicted octanol–water partition coefficient (Wildman–Crippen LogP) is 7.57. The van der Waals surface area contributed by atoms with Crippen molar-refractivity contribution in [1.82, 2.24) is 60.5 Å². The lowest BCUT2D eigenvalue weighted by atomic mass is 10.0. The number of amides is 12. The maximum Gasteiger partial charge on any atom is 0.255 e. The normalized spacial score (nSPS) is 34.6. The Balaban J connectivity index is 0.000000154. The zero-order valence-corrected chi connectivity index (χ0v) is 69.7. The molecular weight excluding hydrogens is 1680 g/mol. The molecule has 32 heteroatoms. The van der Waals surface area contributed by atoms with Gasteiger partial charge >= 0.3 is 0 Å². The number of hydrogen-bond donors (Lipinski definition) is 8. The van der Waals surface area contributed by atoms with Crippen molar-refractivity contribution in [3.63, 3.8) is 0 Å². The van der Waals surface area contributed by atoms with E-state index in [9.17, 15) is 57.5 Å². The average molecular weight is 1840 g/mol. The fourth-order valence-corrected chi connectivity index (χ4v) is 16.1. The van der Waals surface area contributed by atoms with Crippen LogP contribution in [-0.2, 0) is 136 Å². The molecular formula is C100H112N16O16. The Morgan fingerprint density at radius 1 is 0.295 bits per heavy atom. The number of piperidine rings is 4. The van der Waals surface area contributed by atoms with E-state index in [1.54, 1.807) is 145 Å². The average Bonchev–Trinajstić information content (AvgIpc) is 1.65. The largest absolute Gasteiger partial charge is 0.381 e. The SMILES string of the molecule is [2H]C1(N2Cc3c(NCc4ccccc4CN4C([2H])([2H])C([2H])([2H])OC([2H])([2H])C4([2H])[2H])cccc3C2=O)CCC(=O)NC1=O.[2H]C1([2H])OC([2H])([2H])C([2H])([2H])N(Cc2ccccc2CNc2cccc3c2CN(C2([2H])C(=O)NC(=O)C([2H])([2H])C2([2H])[2H])C3=O)C1([2H])[2H].[2H]C1([2H])OC([2H])([2H])C([2H])([2H])N(Cc2ccccc2CNc2cccc3c2CN(C2C(=O)NC(=O)C([2H])([2H])C2([2H])[2H])C3=O)C1([2H])[2H].[2H]C1([2H])OC([2H])([2H])C([2H])([2H])N(Cc2ccccc2CNc2cccc3c2CN(C2CCC(=O)NC2=O)C3=O)C1([2H])[2H]. The van der Waals surface area contributed by atoms with E-state index in [4.69, 9.17) is 57.6 Å². The second kappa shape index (κ2) is 42.5. The van der Waals surface area contributed by atoms with Crippen LogP contribution in [0.1, 0.15) is 217 Å². The molecule has 0 bridgehead atoms. The van der Waals surface area contributed by atoms with Crippen LogP contribution >= 0.6 is 0 Å². The van der Waals surface area contributed by atoms with E-state index in [2.05, 4.69) is 50.8 Å². The molecule has 4 unspecified atom stereocenters. The number of hydrogen-bond acceptors (Lipinski definition) is 24. The number of carbonyl (C=O) groups excluding carboxylic acids is 12. The predicted molar refractivity (Wildman–Crippen MR) is 489 cm³/mol. The van der Waals surface area contributed by atoms with Crippen molar-refractivity contribution in [2.45, 2.75) is 154 Å². The molecule has 132 heavy (non-hydrogen) atoms. The number of morpholine rings is 4. The summed E-state index contributed by atoms with van der Waals surface area (Å²) in [6.07, 6.45) is -12.7. The lowest BCUT2D eigenvalue weighted by Crippen LogP contribution is -2.52. The zero-order chi connectivity index (χ0) is 129. The van der Waals surface area contributed by atoms with E-state index in [1.807, 2.05) is 5.32 Å². The molecule has 0 radical (unpaired) electrons. The fourth-order valence-electron chi connectivity index (χ4n) is 16.1. The first-order valence-electron chi connectivity index (χ1n) is 62.3. The van der Waals surface area contributed by atoms with Gasteiger partial charge in [0.1, 0.15) is 24.1 Å². The Morgan fingerprint density at radius 3 is 0.917 bits per heavy atom. The summed E-state index contributed by atoms with van der Waals surface area (Å²) in [4.78, 5) is 157. The van der Waals surface area contributed by atoms with Crippen molar-refractivity contribution >= 4 is 93.6 Å². The second-order valence-corrected chi connectivity index (χ2v) is 30.6. The third-order valence-corrected chi connectivity index (χ3v) is 22.6. The van der Waals surface area contributed by atoms with Crippen molar-refractivity contribution in [3.05, 3.63) is 259 Å². The van der Waals surface area contributed by atoms with Gasteiger partial charge in [-0.1, -0.05) is 121 Å². The molecule has 12 amide bonds. The standard InChI is InChI=1S/4C25H28N4O4/c4*30-23-9-8-22(24(31)27-23)29-16-20-19(25(29)32)6-3-7-21(20)26-14-17-4-1-2-5-18(17)15-28-10-12-33-13-11-28/h4*1-7,22,26H,8-16H2,(H,27,30,31)/i8D2,9D2,10D2,11D2,12D2,13D2,22D;8D2,9D2,10D2,11D2,12D2,13D2;10D2,11D2,12D2,13D2,22D;10D2,11D2,12D2,13D2. The Hall–Kier alpha value is -12.9. The molecule has 12 heterocycles. The Kier molecular flexibility index (Phi) is 17.1. The van der Waals surface area contributed by atoms with Gasteiger partial charge in [-0.05, 0) is 119 Å². The van der Waals surface area contributed by atoms with Crippen LogP contribution in [0.4, 0.5) is 22.7 Å². The topological polar surface area (TPSA) is 364 Å². The number of fused-ring (bicyclic) bond motifs is 4. The van der Waals surface area contributed by atoms with Crippen LogP contribution in [0.2, 0.25) is 0 Å². The molecule has 0 spiro atoms. The van der Waals surface area contributed by atoms with Crippen molar-refractivity contribution in [2.24, 2.45) is 0 Å². The number of rotatable bonds is 24. The molecule has 8 aromatic rings. The summed E-state index contributed by atoms with van der Waals surface area (Å²) in [5.74, 6) is -10.4. The van der Waals surface area contributed by atoms with Crippen molar-refractivity contribution in [1.29, 1.82) is 0 Å². The van der Waals surface area contributed by atoms with Gasteiger partial charge in [-0.15, -0.1) is 0 Å². The Bertz CT molecular complexity index is 7800. The van der Waals surface area contributed by atoms with E-state index in [0.717, 1.165) is 9.80 Å². The van der Waals surface area contributed by atoms with Gasteiger partial charge in [0.25, 0.3) is 23.6 Å². The number of nitrogens with zero attached hydrogens (tertiary/aromatic N) is 8. The van der Waals surface area contributed by atoms with Crippen molar-refractivity contribution < 1.29 is 134 Å². The molecule has 8 fully saturated rings. The van der Waals surface area contributed by atoms with Crippen LogP contribution in [-0.4, -0.2) is 239 Å². The molecule has 0 aliphatic carbocycles. The summed E-state index contributed by atoms with van der Waals surface area (Å²) in [6, 6.07) is 37.4. The van der Waals surface area contributed by atoms with Crippen LogP contribution in [0.15, 0.2) is 170 Å². The summed E-state index contributed by atoms with van der Waals surface area (Å²) in [5, 5.41) is 20.6. The highest BCUT2D eigenvalue weighted by Crippen LogP contribution is 2.39. The molecule has 688 valence electrons. The highest BCUT2D eigenvalue weighted by molar-refractivity contribution is 6.09. The first-order chi connectivity index (χ1) is 80.0. The second-order valence-electron chi connectivity index (χ2n) is 30.6. The lowest BCUT2D eigenvalue weighted by molar-refractivity contribution is -0.138. The molecule has 32 nitrogen and oxygen atoms in total. The van der Waals surface area contributed by atoms with Gasteiger partial charge in [0.15, 0.2) is 0 Å². The summed E-state index contributed by atoms with van der Waals surface area (Å²) in [5.41, 5.74) is 8.03. The summed E-state index contributed by atoms with van der Waals surface area (Å²) in [6.45, 7) is -52.4. The fraction of sp³-hybridized carbons (Fsp3) is 0.400. The summed E-state index contributed by atoms with van der Waals surface area (Å²) in [7, 11) is 0. The monoisotopic (exact) mass is 1840 g/mol. The third kappa shape index (κ3) is 21.5. The highest BCUT2D eigenvalue weighted by atomic mass is 16.5. The number of ether oxygens (including phenoxy) is 4. The quantitative estimate of drug-likeness (QED) is 0.0270. The lowest BCUT2D eigenvalue weighted by Gasteiger charge is -2.29. The smallest absolute Gasteiger partial charge is 0.255 e. The van der Waals surface area contributed by atoms with Crippen molar-refractivity contribution in [2.75, 3.05) is 126 Å². The molecule has 8 aromatic carbocycles. The van der Waals surface area contributed by atoms with E-state index in [-0.39, 0.29) is 100 Å². The van der Waals surface area contributed by atoms with E-state index in [0.29, 0.717) is 120 Å². The van der Waals surface area contributed by atoms with Gasteiger partial charge in [0.2, 0.25) is 47.3 Å². The number of anilines is 4. The van der Waals surface area contributed by atoms with Gasteiger partial charge < -0.3 is 59.8 Å². The minimum atomic E-state index is -3.44. The van der Waals surface area contributed by atoms with Crippen LogP contribution in [0, 0.1) is 0 Å². The van der Waals surface area contributed by atoms with Gasteiger partial charge in [0, 0.05) is 256 Å². The molecule has 12 aliphatic heterocycles. The first kappa shape index (κ1) is 52.9. The Labute approximate surface area is 825 Å². The number of nitrogens with one attached hydrogen (secondary N) is 8. The molecule has 8 saturated heterocycles. The molecule has 12 aliphatic rings. The zero-order valence-electron chi connectivity index (χ0n) is 112. The maximum atomic E-state index is 13.4. The van der Waals surface area contributed by atoms with Crippen LogP contribution < -0.4 is 42.5 Å². The van der Waals surface area contributed by atoms with E-state index < -0.39 is 246 Å². The minimum Gasteiger partial charge on any atom is -0.381 e. The first-order valence-corrected chi connectivity index (χ1v) is 41.3. The molecule has 20 rings (SSSR count). The number of carbonyl (C=O) groups is 12. The summed E-state index contributed by atoms with van der Waals surface area (Å²) >= 11 is 0. The minimum absolute atomic E-state index is 0.00913.